The molecule has 0 aliphatic carbocycles. The third-order valence-corrected chi connectivity index (χ3v) is 7.18. The second kappa shape index (κ2) is 9.33. The van der Waals surface area contributed by atoms with E-state index in [1.54, 1.807) is 35.1 Å². The van der Waals surface area contributed by atoms with Gasteiger partial charge >= 0.3 is 0 Å². The molecule has 0 atom stereocenters. The maximum absolute atomic E-state index is 12.5. The second-order valence-corrected chi connectivity index (χ2v) is 10.3. The van der Waals surface area contributed by atoms with Crippen molar-refractivity contribution in [2.75, 3.05) is 24.3 Å². The first-order valence-corrected chi connectivity index (χ1v) is 11.6. The van der Waals surface area contributed by atoms with E-state index in [0.29, 0.717) is 24.0 Å². The van der Waals surface area contributed by atoms with Gasteiger partial charge in [-0.3, -0.25) is 9.59 Å². The van der Waals surface area contributed by atoms with Crippen molar-refractivity contribution in [3.8, 4) is 5.75 Å². The number of hydrogen-bond donors (Lipinski definition) is 1. The molecule has 1 aliphatic rings. The minimum atomic E-state index is -0.190. The number of carbonyl (C=O) groups is 2. The topological polar surface area (TPSA) is 58.6 Å². The lowest BCUT2D eigenvalue weighted by molar-refractivity contribution is -0.123. The maximum atomic E-state index is 12.5. The first-order chi connectivity index (χ1) is 13.4. The van der Waals surface area contributed by atoms with Crippen LogP contribution in [0.1, 0.15) is 24.3 Å². The van der Waals surface area contributed by atoms with Gasteiger partial charge in [-0.1, -0.05) is 29.8 Å². The standard InChI is InChI=1S/C20H23BrN2O3S2/c1-12(2)6-15-8-16-20(28-15)27-11-19(25)23(16)10-18(24)22-9-13-7-14(21)4-5-17(13)26-3/h4-5,7-8,12H,6,9-11H2,1-3H3,(H,22,24). The molecule has 0 unspecified atom stereocenters. The van der Waals surface area contributed by atoms with Crippen LogP contribution in [0.4, 0.5) is 5.69 Å². The van der Waals surface area contributed by atoms with Gasteiger partial charge < -0.3 is 15.0 Å². The summed E-state index contributed by atoms with van der Waals surface area (Å²) in [5.74, 6) is 1.43. The van der Waals surface area contributed by atoms with Crippen LogP contribution in [0.3, 0.4) is 0 Å². The minimum absolute atomic E-state index is 0.0263. The molecule has 1 aliphatic heterocycles. The van der Waals surface area contributed by atoms with Crippen LogP contribution in [0.25, 0.3) is 0 Å². The quantitative estimate of drug-likeness (QED) is 0.632. The molecule has 28 heavy (non-hydrogen) atoms. The molecule has 0 bridgehead atoms. The highest BCUT2D eigenvalue weighted by atomic mass is 79.9. The van der Waals surface area contributed by atoms with E-state index in [9.17, 15) is 9.59 Å². The number of carbonyl (C=O) groups excluding carboxylic acids is 2. The molecule has 0 fully saturated rings. The number of halogens is 1. The Morgan fingerprint density at radius 1 is 1.36 bits per heavy atom. The number of nitrogens with one attached hydrogen (secondary N) is 1. The van der Waals surface area contributed by atoms with E-state index in [1.807, 2.05) is 18.2 Å². The first-order valence-electron chi connectivity index (χ1n) is 9.02. The lowest BCUT2D eigenvalue weighted by atomic mass is 10.1. The molecule has 1 aromatic carbocycles. The number of thiophene rings is 1. The lowest BCUT2D eigenvalue weighted by Gasteiger charge is -2.26. The van der Waals surface area contributed by atoms with Gasteiger partial charge in [-0.05, 0) is 36.6 Å². The fourth-order valence-corrected chi connectivity index (χ4v) is 5.97. The van der Waals surface area contributed by atoms with Gasteiger partial charge in [-0.15, -0.1) is 23.1 Å². The molecule has 3 rings (SSSR count). The molecule has 0 spiro atoms. The average molecular weight is 483 g/mol. The second-order valence-electron chi connectivity index (χ2n) is 6.98. The molecular formula is C20H23BrN2O3S2. The number of thioether (sulfide) groups is 1. The molecular weight excluding hydrogens is 460 g/mol. The van der Waals surface area contributed by atoms with Gasteiger partial charge in [0, 0.05) is 21.5 Å². The zero-order chi connectivity index (χ0) is 20.3. The van der Waals surface area contributed by atoms with Crippen LogP contribution in [0.2, 0.25) is 0 Å². The Morgan fingerprint density at radius 3 is 2.86 bits per heavy atom. The molecule has 2 aromatic rings. The van der Waals surface area contributed by atoms with Crippen LogP contribution in [0.5, 0.6) is 5.75 Å². The van der Waals surface area contributed by atoms with Crippen molar-refractivity contribution < 1.29 is 14.3 Å². The Balaban J connectivity index is 1.68. The van der Waals surface area contributed by atoms with Crippen molar-refractivity contribution in [1.82, 2.24) is 5.32 Å². The van der Waals surface area contributed by atoms with E-state index in [0.717, 1.165) is 26.4 Å². The Kier molecular flexibility index (Phi) is 7.06. The predicted octanol–water partition coefficient (Wildman–Crippen LogP) is 4.47. The highest BCUT2D eigenvalue weighted by Crippen LogP contribution is 2.42. The van der Waals surface area contributed by atoms with Gasteiger partial charge in [-0.25, -0.2) is 0 Å². The summed E-state index contributed by atoms with van der Waals surface area (Å²) in [5.41, 5.74) is 1.75. The third kappa shape index (κ3) is 5.10. The van der Waals surface area contributed by atoms with Gasteiger partial charge in [0.15, 0.2) is 0 Å². The highest BCUT2D eigenvalue weighted by Gasteiger charge is 2.29. The zero-order valence-electron chi connectivity index (χ0n) is 16.1. The van der Waals surface area contributed by atoms with Gasteiger partial charge in [0.2, 0.25) is 11.8 Å². The van der Waals surface area contributed by atoms with E-state index in [4.69, 9.17) is 4.74 Å². The molecule has 0 radical (unpaired) electrons. The molecule has 1 N–H and O–H groups in total. The van der Waals surface area contributed by atoms with Crippen molar-refractivity contribution in [2.45, 2.75) is 31.0 Å². The molecule has 2 amide bonds. The van der Waals surface area contributed by atoms with Crippen LogP contribution in [0.15, 0.2) is 32.9 Å². The molecule has 0 saturated carbocycles. The van der Waals surface area contributed by atoms with Gasteiger partial charge in [-0.2, -0.15) is 0 Å². The Morgan fingerprint density at radius 2 is 2.14 bits per heavy atom. The van der Waals surface area contributed by atoms with Crippen LogP contribution in [0, 0.1) is 5.92 Å². The van der Waals surface area contributed by atoms with Crippen molar-refractivity contribution in [3.05, 3.63) is 39.2 Å². The van der Waals surface area contributed by atoms with Crippen LogP contribution < -0.4 is 15.0 Å². The molecule has 1 aromatic heterocycles. The molecule has 2 heterocycles. The number of amides is 2. The number of benzene rings is 1. The SMILES string of the molecule is COc1ccc(Br)cc1CNC(=O)CN1C(=O)CSc2sc(CC(C)C)cc21. The number of hydrogen-bond acceptors (Lipinski definition) is 5. The zero-order valence-corrected chi connectivity index (χ0v) is 19.3. The van der Waals surface area contributed by atoms with Gasteiger partial charge in [0.25, 0.3) is 0 Å². The normalized spacial score (nSPS) is 13.6. The minimum Gasteiger partial charge on any atom is -0.496 e. The van der Waals surface area contributed by atoms with E-state index in [-0.39, 0.29) is 18.4 Å². The third-order valence-electron chi connectivity index (χ3n) is 4.28. The maximum Gasteiger partial charge on any atom is 0.240 e. The molecule has 5 nitrogen and oxygen atoms in total. The largest absolute Gasteiger partial charge is 0.496 e. The number of methoxy groups -OCH3 is 1. The van der Waals surface area contributed by atoms with Crippen LogP contribution >= 0.6 is 39.0 Å². The fraction of sp³-hybridized carbons (Fsp3) is 0.400. The number of ether oxygens (including phenoxy) is 1. The summed E-state index contributed by atoms with van der Waals surface area (Å²) in [6.07, 6.45) is 0.981. The number of fused-ring (bicyclic) bond motifs is 1. The smallest absolute Gasteiger partial charge is 0.240 e. The van der Waals surface area contributed by atoms with Crippen molar-refractivity contribution in [1.29, 1.82) is 0 Å². The van der Waals surface area contributed by atoms with Crippen LogP contribution in [-0.4, -0.2) is 31.2 Å². The number of anilines is 1. The first kappa shape index (κ1) is 21.2. The molecule has 150 valence electrons. The van der Waals surface area contributed by atoms with Crippen molar-refractivity contribution in [3.63, 3.8) is 0 Å². The summed E-state index contributed by atoms with van der Waals surface area (Å²) >= 11 is 6.73. The Hall–Kier alpha value is -1.51. The van der Waals surface area contributed by atoms with E-state index in [2.05, 4.69) is 41.2 Å². The average Bonchev–Trinajstić information content (AvgIpc) is 3.04. The Bertz CT molecular complexity index is 882. The van der Waals surface area contributed by atoms with E-state index < -0.39 is 0 Å². The number of rotatable bonds is 7. The molecule has 0 saturated heterocycles. The van der Waals surface area contributed by atoms with E-state index >= 15 is 0 Å². The van der Waals surface area contributed by atoms with Crippen molar-refractivity contribution in [2.24, 2.45) is 5.92 Å². The fourth-order valence-electron chi connectivity index (χ4n) is 3.00. The number of nitrogens with zero attached hydrogens (tertiary/aromatic N) is 1. The van der Waals surface area contributed by atoms with E-state index in [1.165, 1.54) is 4.88 Å². The summed E-state index contributed by atoms with van der Waals surface area (Å²) in [5, 5.41) is 2.90. The summed E-state index contributed by atoms with van der Waals surface area (Å²) in [6.45, 7) is 4.73. The van der Waals surface area contributed by atoms with Crippen molar-refractivity contribution >= 4 is 56.5 Å². The summed E-state index contributed by atoms with van der Waals surface area (Å²) in [6, 6.07) is 7.72. The summed E-state index contributed by atoms with van der Waals surface area (Å²) < 4.78 is 7.38. The Labute approximate surface area is 182 Å². The lowest BCUT2D eigenvalue weighted by Crippen LogP contribution is -2.42. The highest BCUT2D eigenvalue weighted by molar-refractivity contribution is 9.10. The molecule has 8 heteroatoms. The van der Waals surface area contributed by atoms with Gasteiger partial charge in [0.1, 0.15) is 12.3 Å². The summed E-state index contributed by atoms with van der Waals surface area (Å²) in [7, 11) is 1.60. The summed E-state index contributed by atoms with van der Waals surface area (Å²) in [4.78, 5) is 27.9. The monoisotopic (exact) mass is 482 g/mol. The van der Waals surface area contributed by atoms with Crippen LogP contribution in [-0.2, 0) is 22.6 Å². The predicted molar refractivity (Wildman–Crippen MR) is 118 cm³/mol. The van der Waals surface area contributed by atoms with Gasteiger partial charge in [0.05, 0.1) is 22.8 Å².